The molecule has 0 spiro atoms. The zero-order chi connectivity index (χ0) is 13.0. The zero-order valence-corrected chi connectivity index (χ0v) is 10.8. The number of amides is 1. The summed E-state index contributed by atoms with van der Waals surface area (Å²) >= 11 is 1.46. The number of nitrogens with one attached hydrogen (secondary N) is 1. The first kappa shape index (κ1) is 12.7. The molecule has 0 radical (unpaired) electrons. The van der Waals surface area contributed by atoms with Crippen molar-refractivity contribution < 1.29 is 9.90 Å². The van der Waals surface area contributed by atoms with Crippen molar-refractivity contribution in [2.75, 3.05) is 6.54 Å². The van der Waals surface area contributed by atoms with E-state index in [1.54, 1.807) is 31.3 Å². The molecule has 0 aliphatic carbocycles. The van der Waals surface area contributed by atoms with Crippen LogP contribution in [0.3, 0.4) is 0 Å². The van der Waals surface area contributed by atoms with Crippen molar-refractivity contribution in [2.45, 2.75) is 12.5 Å². The highest BCUT2D eigenvalue weighted by molar-refractivity contribution is 7.10. The van der Waals surface area contributed by atoms with Gasteiger partial charge < -0.3 is 10.4 Å². The van der Waals surface area contributed by atoms with E-state index in [4.69, 9.17) is 0 Å². The fourth-order valence-electron chi connectivity index (χ4n) is 1.51. The molecule has 5 heteroatoms. The molecule has 0 saturated heterocycles. The van der Waals surface area contributed by atoms with Crippen molar-refractivity contribution in [1.82, 2.24) is 10.3 Å². The average Bonchev–Trinajstić information content (AvgIpc) is 2.92. The second-order valence-corrected chi connectivity index (χ2v) is 5.10. The van der Waals surface area contributed by atoms with E-state index < -0.39 is 5.60 Å². The van der Waals surface area contributed by atoms with Gasteiger partial charge in [0.1, 0.15) is 11.3 Å². The van der Waals surface area contributed by atoms with Crippen LogP contribution in [0, 0.1) is 0 Å². The molecule has 0 saturated carbocycles. The molecule has 0 aromatic carbocycles. The number of carbonyl (C=O) groups is 1. The summed E-state index contributed by atoms with van der Waals surface area (Å²) in [5, 5.41) is 14.8. The van der Waals surface area contributed by atoms with Crippen LogP contribution in [0.2, 0.25) is 0 Å². The third-order valence-electron chi connectivity index (χ3n) is 2.54. The van der Waals surface area contributed by atoms with Gasteiger partial charge in [-0.3, -0.25) is 9.78 Å². The molecule has 1 unspecified atom stereocenters. The quantitative estimate of drug-likeness (QED) is 0.883. The third-order valence-corrected chi connectivity index (χ3v) is 3.67. The topological polar surface area (TPSA) is 62.2 Å². The summed E-state index contributed by atoms with van der Waals surface area (Å²) in [6, 6.07) is 8.85. The minimum atomic E-state index is -1.06. The number of aliphatic hydroxyl groups is 1. The van der Waals surface area contributed by atoms with E-state index in [9.17, 15) is 9.90 Å². The second kappa shape index (κ2) is 5.29. The van der Waals surface area contributed by atoms with E-state index in [0.29, 0.717) is 5.69 Å². The predicted molar refractivity (Wildman–Crippen MR) is 70.5 cm³/mol. The smallest absolute Gasteiger partial charge is 0.269 e. The van der Waals surface area contributed by atoms with Crippen molar-refractivity contribution in [3.63, 3.8) is 0 Å². The van der Waals surface area contributed by atoms with Gasteiger partial charge in [0.2, 0.25) is 0 Å². The Labute approximate surface area is 109 Å². The largest absolute Gasteiger partial charge is 0.383 e. The monoisotopic (exact) mass is 262 g/mol. The maximum Gasteiger partial charge on any atom is 0.269 e. The molecule has 0 bridgehead atoms. The molecule has 2 heterocycles. The molecule has 0 aliphatic rings. The van der Waals surface area contributed by atoms with E-state index in [-0.39, 0.29) is 12.5 Å². The number of carbonyl (C=O) groups excluding carboxylic acids is 1. The Kier molecular flexibility index (Phi) is 3.74. The first-order valence-electron chi connectivity index (χ1n) is 5.55. The summed E-state index contributed by atoms with van der Waals surface area (Å²) in [5.41, 5.74) is -0.710. The molecule has 0 fully saturated rings. The highest BCUT2D eigenvalue weighted by Gasteiger charge is 2.25. The molecule has 2 rings (SSSR count). The number of pyridine rings is 1. The Balaban J connectivity index is 1.98. The fourth-order valence-corrected chi connectivity index (χ4v) is 2.30. The number of thiophene rings is 1. The van der Waals surface area contributed by atoms with E-state index in [1.807, 2.05) is 17.5 Å². The van der Waals surface area contributed by atoms with Gasteiger partial charge in [-0.25, -0.2) is 0 Å². The van der Waals surface area contributed by atoms with Crippen molar-refractivity contribution in [2.24, 2.45) is 0 Å². The van der Waals surface area contributed by atoms with Crippen molar-refractivity contribution in [3.05, 3.63) is 52.5 Å². The van der Waals surface area contributed by atoms with Crippen LogP contribution >= 0.6 is 11.3 Å². The van der Waals surface area contributed by atoms with Crippen LogP contribution in [-0.2, 0) is 5.60 Å². The van der Waals surface area contributed by atoms with Crippen LogP contribution in [0.15, 0.2) is 41.9 Å². The Morgan fingerprint density at radius 3 is 2.89 bits per heavy atom. The molecular formula is C13H14N2O2S. The number of nitrogens with zero attached hydrogens (tertiary/aromatic N) is 1. The maximum absolute atomic E-state index is 11.8. The highest BCUT2D eigenvalue weighted by atomic mass is 32.1. The van der Waals surface area contributed by atoms with Crippen LogP contribution < -0.4 is 5.32 Å². The van der Waals surface area contributed by atoms with E-state index >= 15 is 0 Å². The van der Waals surface area contributed by atoms with Gasteiger partial charge in [-0.1, -0.05) is 12.1 Å². The molecular weight excluding hydrogens is 248 g/mol. The van der Waals surface area contributed by atoms with Crippen molar-refractivity contribution in [3.8, 4) is 0 Å². The number of aromatic nitrogens is 1. The lowest BCUT2D eigenvalue weighted by Gasteiger charge is -2.22. The minimum absolute atomic E-state index is 0.156. The Hall–Kier alpha value is -1.72. The molecule has 4 nitrogen and oxygen atoms in total. The lowest BCUT2D eigenvalue weighted by Crippen LogP contribution is -2.38. The summed E-state index contributed by atoms with van der Waals surface area (Å²) < 4.78 is 0. The standard InChI is InChI=1S/C13H14N2O2S/c1-13(17,11-6-4-8-18-11)9-15-12(16)10-5-2-3-7-14-10/h2-8,17H,9H2,1H3,(H,15,16). The molecule has 18 heavy (non-hydrogen) atoms. The van der Waals surface area contributed by atoms with Gasteiger partial charge in [0, 0.05) is 11.1 Å². The van der Waals surface area contributed by atoms with Crippen molar-refractivity contribution in [1.29, 1.82) is 0 Å². The van der Waals surface area contributed by atoms with Gasteiger partial charge in [0.15, 0.2) is 0 Å². The van der Waals surface area contributed by atoms with Gasteiger partial charge in [0.05, 0.1) is 6.54 Å². The van der Waals surface area contributed by atoms with Crippen LogP contribution in [0.4, 0.5) is 0 Å². The number of hydrogen-bond acceptors (Lipinski definition) is 4. The molecule has 1 amide bonds. The molecule has 0 aliphatic heterocycles. The lowest BCUT2D eigenvalue weighted by molar-refractivity contribution is 0.0555. The van der Waals surface area contributed by atoms with Gasteiger partial charge >= 0.3 is 0 Å². The summed E-state index contributed by atoms with van der Waals surface area (Å²) in [6.07, 6.45) is 1.56. The molecule has 2 aromatic heterocycles. The first-order valence-corrected chi connectivity index (χ1v) is 6.43. The van der Waals surface area contributed by atoms with Crippen LogP contribution in [0.1, 0.15) is 22.3 Å². The fraction of sp³-hybridized carbons (Fsp3) is 0.231. The average molecular weight is 262 g/mol. The van der Waals surface area contributed by atoms with Gasteiger partial charge in [0.25, 0.3) is 5.91 Å². The summed E-state index contributed by atoms with van der Waals surface area (Å²) in [4.78, 5) is 16.6. The normalized spacial score (nSPS) is 13.9. The van der Waals surface area contributed by atoms with E-state index in [2.05, 4.69) is 10.3 Å². The van der Waals surface area contributed by atoms with Crippen molar-refractivity contribution >= 4 is 17.2 Å². The Morgan fingerprint density at radius 1 is 1.44 bits per heavy atom. The Morgan fingerprint density at radius 2 is 2.28 bits per heavy atom. The summed E-state index contributed by atoms with van der Waals surface area (Å²) in [5.74, 6) is -0.285. The first-order chi connectivity index (χ1) is 8.59. The van der Waals surface area contributed by atoms with Crippen LogP contribution in [0.25, 0.3) is 0 Å². The maximum atomic E-state index is 11.8. The van der Waals surface area contributed by atoms with E-state index in [1.165, 1.54) is 11.3 Å². The number of rotatable bonds is 4. The number of hydrogen-bond donors (Lipinski definition) is 2. The molecule has 1 atom stereocenters. The minimum Gasteiger partial charge on any atom is -0.383 e. The van der Waals surface area contributed by atoms with Gasteiger partial charge in [-0.15, -0.1) is 11.3 Å². The molecule has 2 N–H and O–H groups in total. The molecule has 94 valence electrons. The SMILES string of the molecule is CC(O)(CNC(=O)c1ccccn1)c1cccs1. The zero-order valence-electron chi connectivity index (χ0n) is 9.96. The third kappa shape index (κ3) is 2.94. The Bertz CT molecular complexity index is 509. The highest BCUT2D eigenvalue weighted by Crippen LogP contribution is 2.24. The summed E-state index contributed by atoms with van der Waals surface area (Å²) in [6.45, 7) is 1.83. The van der Waals surface area contributed by atoms with E-state index in [0.717, 1.165) is 4.88 Å². The van der Waals surface area contributed by atoms with Crippen LogP contribution in [0.5, 0.6) is 0 Å². The second-order valence-electron chi connectivity index (χ2n) is 4.15. The summed E-state index contributed by atoms with van der Waals surface area (Å²) in [7, 11) is 0. The molecule has 2 aromatic rings. The van der Waals surface area contributed by atoms with Gasteiger partial charge in [-0.2, -0.15) is 0 Å². The lowest BCUT2D eigenvalue weighted by atomic mass is 10.1. The van der Waals surface area contributed by atoms with Crippen LogP contribution in [-0.4, -0.2) is 22.5 Å². The van der Waals surface area contributed by atoms with Gasteiger partial charge in [-0.05, 0) is 30.5 Å². The predicted octanol–water partition coefficient (Wildman–Crippen LogP) is 1.78.